The maximum absolute atomic E-state index is 12.7. The van der Waals surface area contributed by atoms with Crippen molar-refractivity contribution in [1.29, 1.82) is 0 Å². The summed E-state index contributed by atoms with van der Waals surface area (Å²) in [4.78, 5) is 14.0. The first-order valence-electron chi connectivity index (χ1n) is 6.58. The van der Waals surface area contributed by atoms with E-state index >= 15 is 0 Å². The van der Waals surface area contributed by atoms with Gasteiger partial charge in [0.15, 0.2) is 5.60 Å². The van der Waals surface area contributed by atoms with Gasteiger partial charge in [0.25, 0.3) is 0 Å². The molecule has 21 heavy (non-hydrogen) atoms. The van der Waals surface area contributed by atoms with E-state index in [1.807, 2.05) is 24.4 Å². The van der Waals surface area contributed by atoms with Crippen LogP contribution >= 0.6 is 11.3 Å². The molecule has 2 heterocycles. The summed E-state index contributed by atoms with van der Waals surface area (Å²) in [5.41, 5.74) is -2.79. The number of likely N-dealkylation sites (tertiary alicyclic amines) is 1. The molecule has 118 valence electrons. The van der Waals surface area contributed by atoms with Gasteiger partial charge in [0.05, 0.1) is 6.54 Å². The summed E-state index contributed by atoms with van der Waals surface area (Å²) in [7, 11) is 0. The molecule has 0 aromatic carbocycles. The molecule has 1 saturated heterocycles. The van der Waals surface area contributed by atoms with Crippen LogP contribution in [-0.4, -0.2) is 47.4 Å². The number of urea groups is 1. The number of carbonyl (C=O) groups excluding carboxylic acids is 1. The van der Waals surface area contributed by atoms with Crippen molar-refractivity contribution >= 4 is 17.4 Å². The molecule has 1 fully saturated rings. The van der Waals surface area contributed by atoms with E-state index in [-0.39, 0.29) is 12.5 Å². The van der Waals surface area contributed by atoms with Crippen molar-refractivity contribution in [2.75, 3.05) is 19.6 Å². The molecule has 2 N–H and O–H groups in total. The quantitative estimate of drug-likeness (QED) is 0.898. The van der Waals surface area contributed by atoms with E-state index in [4.69, 9.17) is 0 Å². The van der Waals surface area contributed by atoms with Crippen LogP contribution in [0.25, 0.3) is 0 Å². The molecule has 1 aromatic heterocycles. The van der Waals surface area contributed by atoms with Gasteiger partial charge in [-0.25, -0.2) is 4.79 Å². The van der Waals surface area contributed by atoms with Crippen LogP contribution in [-0.2, 0) is 0 Å². The fourth-order valence-corrected chi connectivity index (χ4v) is 3.01. The van der Waals surface area contributed by atoms with E-state index in [1.54, 1.807) is 11.3 Å². The highest BCUT2D eigenvalue weighted by atomic mass is 32.1. The zero-order valence-corrected chi connectivity index (χ0v) is 12.3. The number of rotatable bonds is 3. The molecule has 0 aliphatic carbocycles. The van der Waals surface area contributed by atoms with Gasteiger partial charge in [0.1, 0.15) is 0 Å². The van der Waals surface area contributed by atoms with Crippen LogP contribution in [0.2, 0.25) is 0 Å². The number of nitrogens with zero attached hydrogens (tertiary/aromatic N) is 1. The SMILES string of the molecule is C[C@@H](CNC(=O)N1CC[C@](O)(C(F)(F)F)C1)c1cccs1. The number of nitrogens with one attached hydrogen (secondary N) is 1. The van der Waals surface area contributed by atoms with E-state index in [9.17, 15) is 23.1 Å². The van der Waals surface area contributed by atoms with Gasteiger partial charge < -0.3 is 15.3 Å². The summed E-state index contributed by atoms with van der Waals surface area (Å²) in [5, 5.41) is 14.1. The highest BCUT2D eigenvalue weighted by Gasteiger charge is 2.57. The Bertz CT molecular complexity index is 492. The molecule has 0 saturated carbocycles. The van der Waals surface area contributed by atoms with Crippen LogP contribution in [0.4, 0.5) is 18.0 Å². The Balaban J connectivity index is 1.85. The first kappa shape index (κ1) is 16.1. The van der Waals surface area contributed by atoms with Crippen molar-refractivity contribution in [3.05, 3.63) is 22.4 Å². The monoisotopic (exact) mass is 322 g/mol. The third-order valence-electron chi connectivity index (χ3n) is 3.65. The van der Waals surface area contributed by atoms with Crippen LogP contribution in [0.5, 0.6) is 0 Å². The van der Waals surface area contributed by atoms with Crippen molar-refractivity contribution in [3.63, 3.8) is 0 Å². The maximum Gasteiger partial charge on any atom is 0.419 e. The van der Waals surface area contributed by atoms with Gasteiger partial charge in [-0.3, -0.25) is 0 Å². The van der Waals surface area contributed by atoms with E-state index in [0.29, 0.717) is 6.54 Å². The predicted molar refractivity (Wildman–Crippen MR) is 73.3 cm³/mol. The molecule has 2 atom stereocenters. The number of alkyl halides is 3. The molecule has 1 aliphatic rings. The molecular weight excluding hydrogens is 305 g/mol. The fraction of sp³-hybridized carbons (Fsp3) is 0.615. The summed E-state index contributed by atoms with van der Waals surface area (Å²) < 4.78 is 38.0. The van der Waals surface area contributed by atoms with Crippen molar-refractivity contribution in [1.82, 2.24) is 10.2 Å². The second kappa shape index (κ2) is 5.84. The molecular formula is C13H17F3N2O2S. The molecule has 0 bridgehead atoms. The zero-order valence-electron chi connectivity index (χ0n) is 11.5. The minimum absolute atomic E-state index is 0.0954. The molecule has 0 unspecified atom stereocenters. The first-order valence-corrected chi connectivity index (χ1v) is 7.46. The molecule has 0 radical (unpaired) electrons. The highest BCUT2D eigenvalue weighted by molar-refractivity contribution is 7.10. The topological polar surface area (TPSA) is 52.6 Å². The maximum atomic E-state index is 12.7. The van der Waals surface area contributed by atoms with Gasteiger partial charge in [-0.05, 0) is 11.4 Å². The standard InChI is InChI=1S/C13H17F3N2O2S/c1-9(10-3-2-6-21-10)7-17-11(19)18-5-4-12(20,8-18)13(14,15)16/h2-3,6,9,20H,4-5,7-8H2,1H3,(H,17,19)/t9-,12+/m0/s1. The summed E-state index contributed by atoms with van der Waals surface area (Å²) in [5.74, 6) is 0.0954. The number of aliphatic hydroxyl groups is 1. The molecule has 1 aromatic rings. The number of hydrogen-bond acceptors (Lipinski definition) is 3. The minimum atomic E-state index is -4.72. The average Bonchev–Trinajstić information content (AvgIpc) is 3.04. The lowest BCUT2D eigenvalue weighted by atomic mass is 10.0. The highest BCUT2D eigenvalue weighted by Crippen LogP contribution is 2.37. The second-order valence-corrected chi connectivity index (χ2v) is 6.28. The van der Waals surface area contributed by atoms with Gasteiger partial charge in [0, 0.05) is 30.3 Å². The number of β-amino-alcohol motifs (C(OH)–C–C–N with tert-alkyl or cyclic N) is 1. The van der Waals surface area contributed by atoms with Crippen molar-refractivity contribution in [2.45, 2.75) is 31.0 Å². The Morgan fingerprint density at radius 2 is 2.33 bits per heavy atom. The van der Waals surface area contributed by atoms with Gasteiger partial charge in [0.2, 0.25) is 0 Å². The largest absolute Gasteiger partial charge is 0.419 e. The Labute approximate surface area is 124 Å². The van der Waals surface area contributed by atoms with E-state index in [0.717, 1.165) is 9.78 Å². The molecule has 1 aliphatic heterocycles. The Morgan fingerprint density at radius 1 is 1.62 bits per heavy atom. The van der Waals surface area contributed by atoms with E-state index in [1.165, 1.54) is 0 Å². The predicted octanol–water partition coefficient (Wildman–Crippen LogP) is 2.56. The second-order valence-electron chi connectivity index (χ2n) is 5.30. The number of thiophene rings is 1. The van der Waals surface area contributed by atoms with Gasteiger partial charge >= 0.3 is 12.2 Å². The lowest BCUT2D eigenvalue weighted by Crippen LogP contribution is -2.49. The lowest BCUT2D eigenvalue weighted by Gasteiger charge is -2.26. The summed E-state index contributed by atoms with van der Waals surface area (Å²) >= 11 is 1.56. The summed E-state index contributed by atoms with van der Waals surface area (Å²) in [6, 6.07) is 3.28. The molecule has 4 nitrogen and oxygen atoms in total. The van der Waals surface area contributed by atoms with Crippen LogP contribution in [0.3, 0.4) is 0 Å². The fourth-order valence-electron chi connectivity index (χ4n) is 2.22. The molecule has 2 rings (SSSR count). The summed E-state index contributed by atoms with van der Waals surface area (Å²) in [6.45, 7) is 1.47. The smallest absolute Gasteiger partial charge is 0.379 e. The minimum Gasteiger partial charge on any atom is -0.379 e. The zero-order chi connectivity index (χ0) is 15.7. The van der Waals surface area contributed by atoms with Crippen molar-refractivity contribution in [2.24, 2.45) is 0 Å². The Hall–Kier alpha value is -1.28. The van der Waals surface area contributed by atoms with Crippen LogP contribution < -0.4 is 5.32 Å². The third kappa shape index (κ3) is 3.49. The number of hydrogen-bond donors (Lipinski definition) is 2. The number of amides is 2. The molecule has 8 heteroatoms. The van der Waals surface area contributed by atoms with E-state index < -0.39 is 30.8 Å². The van der Waals surface area contributed by atoms with Crippen LogP contribution in [0.1, 0.15) is 24.1 Å². The first-order chi connectivity index (χ1) is 9.73. The van der Waals surface area contributed by atoms with Crippen molar-refractivity contribution in [3.8, 4) is 0 Å². The Kier molecular flexibility index (Phi) is 4.48. The summed E-state index contributed by atoms with van der Waals surface area (Å²) in [6.07, 6.45) is -5.20. The molecule has 0 spiro atoms. The van der Waals surface area contributed by atoms with Crippen LogP contribution in [0, 0.1) is 0 Å². The third-order valence-corrected chi connectivity index (χ3v) is 4.75. The number of halogens is 3. The van der Waals surface area contributed by atoms with Crippen LogP contribution in [0.15, 0.2) is 17.5 Å². The van der Waals surface area contributed by atoms with Gasteiger partial charge in [-0.2, -0.15) is 13.2 Å². The Morgan fingerprint density at radius 3 is 2.86 bits per heavy atom. The molecule has 2 amide bonds. The average molecular weight is 322 g/mol. The number of carbonyl (C=O) groups is 1. The van der Waals surface area contributed by atoms with Crippen molar-refractivity contribution < 1.29 is 23.1 Å². The van der Waals surface area contributed by atoms with Gasteiger partial charge in [-0.1, -0.05) is 13.0 Å². The lowest BCUT2D eigenvalue weighted by molar-refractivity contribution is -0.253. The normalized spacial score (nSPS) is 24.1. The van der Waals surface area contributed by atoms with Gasteiger partial charge in [-0.15, -0.1) is 11.3 Å². The van der Waals surface area contributed by atoms with E-state index in [2.05, 4.69) is 5.32 Å².